The molecule has 1 heterocycles. The predicted molar refractivity (Wildman–Crippen MR) is 71.9 cm³/mol. The number of carbonyl (C=O) groups excluding carboxylic acids is 2. The monoisotopic (exact) mass is 285 g/mol. The van der Waals surface area contributed by atoms with Crippen LogP contribution >= 0.6 is 11.6 Å². The van der Waals surface area contributed by atoms with Gasteiger partial charge in [-0.1, -0.05) is 11.6 Å². The molecule has 7 heteroatoms. The van der Waals surface area contributed by atoms with E-state index in [1.54, 1.807) is 6.92 Å². The Morgan fingerprint density at radius 3 is 2.95 bits per heavy atom. The lowest BCUT2D eigenvalue weighted by Gasteiger charge is -2.06. The number of amides is 1. The van der Waals surface area contributed by atoms with Gasteiger partial charge in [0.2, 0.25) is 0 Å². The highest BCUT2D eigenvalue weighted by molar-refractivity contribution is 6.32. The third-order valence-corrected chi connectivity index (χ3v) is 2.55. The maximum Gasteiger partial charge on any atom is 0.305 e. The van der Waals surface area contributed by atoms with Gasteiger partial charge in [-0.3, -0.25) is 9.59 Å². The summed E-state index contributed by atoms with van der Waals surface area (Å²) in [6.07, 6.45) is 2.13. The van der Waals surface area contributed by atoms with Crippen molar-refractivity contribution >= 4 is 29.2 Å². The summed E-state index contributed by atoms with van der Waals surface area (Å²) in [5.74, 6) is -0.644. The van der Waals surface area contributed by atoms with Crippen molar-refractivity contribution in [2.45, 2.75) is 19.8 Å². The van der Waals surface area contributed by atoms with E-state index < -0.39 is 0 Å². The first kappa shape index (κ1) is 15.2. The number of pyridine rings is 1. The molecule has 0 radical (unpaired) electrons. The minimum absolute atomic E-state index is 0.0945. The van der Waals surface area contributed by atoms with Crippen molar-refractivity contribution in [3.05, 3.63) is 23.0 Å². The predicted octanol–water partition coefficient (Wildman–Crippen LogP) is 1.39. The van der Waals surface area contributed by atoms with Crippen LogP contribution in [0.3, 0.4) is 0 Å². The number of hydrogen-bond acceptors (Lipinski definition) is 5. The minimum Gasteiger partial charge on any atom is -0.466 e. The molecule has 0 aliphatic heterocycles. The van der Waals surface area contributed by atoms with Crippen LogP contribution in [0.25, 0.3) is 0 Å². The Morgan fingerprint density at radius 2 is 2.26 bits per heavy atom. The number of ether oxygens (including phenoxy) is 1. The van der Waals surface area contributed by atoms with Crippen molar-refractivity contribution < 1.29 is 14.3 Å². The van der Waals surface area contributed by atoms with E-state index >= 15 is 0 Å². The summed E-state index contributed by atoms with van der Waals surface area (Å²) in [5.41, 5.74) is 6.11. The molecule has 0 aliphatic rings. The lowest BCUT2D eigenvalue weighted by atomic mass is 10.2. The van der Waals surface area contributed by atoms with Gasteiger partial charge in [0.05, 0.1) is 24.1 Å². The molecule has 1 aromatic rings. The van der Waals surface area contributed by atoms with Crippen LogP contribution in [0.15, 0.2) is 12.3 Å². The van der Waals surface area contributed by atoms with Gasteiger partial charge < -0.3 is 15.8 Å². The second-order valence-electron chi connectivity index (χ2n) is 3.77. The zero-order valence-corrected chi connectivity index (χ0v) is 11.4. The van der Waals surface area contributed by atoms with E-state index in [9.17, 15) is 9.59 Å². The van der Waals surface area contributed by atoms with Crippen molar-refractivity contribution in [1.82, 2.24) is 10.3 Å². The Kier molecular flexibility index (Phi) is 6.08. The van der Waals surface area contributed by atoms with Crippen LogP contribution in [0.2, 0.25) is 5.15 Å². The van der Waals surface area contributed by atoms with Crippen LogP contribution in [-0.4, -0.2) is 30.0 Å². The Morgan fingerprint density at radius 1 is 1.53 bits per heavy atom. The normalized spacial score (nSPS) is 10.0. The van der Waals surface area contributed by atoms with Crippen molar-refractivity contribution in [3.8, 4) is 0 Å². The Labute approximate surface area is 116 Å². The molecule has 0 fully saturated rings. The summed E-state index contributed by atoms with van der Waals surface area (Å²) in [6.45, 7) is 2.45. The fraction of sp³-hybridized carbons (Fsp3) is 0.417. The average molecular weight is 286 g/mol. The SMILES string of the molecule is CCOC(=O)CCCNC(=O)c1cc(N)cnc1Cl. The topological polar surface area (TPSA) is 94.3 Å². The number of nitrogen functional groups attached to an aromatic ring is 1. The standard InChI is InChI=1S/C12H16ClN3O3/c1-2-19-10(17)4-3-5-15-12(18)9-6-8(14)7-16-11(9)13/h6-7H,2-5,14H2,1H3,(H,15,18). The molecular weight excluding hydrogens is 270 g/mol. The number of halogens is 1. The number of nitrogens with zero attached hydrogens (tertiary/aromatic N) is 1. The van der Waals surface area contributed by atoms with E-state index in [1.165, 1.54) is 12.3 Å². The van der Waals surface area contributed by atoms with Crippen LogP contribution in [0.5, 0.6) is 0 Å². The van der Waals surface area contributed by atoms with Gasteiger partial charge >= 0.3 is 5.97 Å². The van der Waals surface area contributed by atoms with Crippen molar-refractivity contribution in [3.63, 3.8) is 0 Å². The molecule has 1 amide bonds. The number of anilines is 1. The molecule has 0 spiro atoms. The van der Waals surface area contributed by atoms with Gasteiger partial charge in [0, 0.05) is 13.0 Å². The maximum atomic E-state index is 11.8. The molecule has 6 nitrogen and oxygen atoms in total. The van der Waals surface area contributed by atoms with Crippen molar-refractivity contribution in [1.29, 1.82) is 0 Å². The lowest BCUT2D eigenvalue weighted by Crippen LogP contribution is -2.25. The fourth-order valence-electron chi connectivity index (χ4n) is 1.39. The van der Waals surface area contributed by atoms with Gasteiger partial charge in [-0.15, -0.1) is 0 Å². The second kappa shape index (κ2) is 7.58. The largest absolute Gasteiger partial charge is 0.466 e. The summed E-state index contributed by atoms with van der Waals surface area (Å²) in [4.78, 5) is 26.6. The molecule has 0 unspecified atom stereocenters. The number of rotatable bonds is 6. The second-order valence-corrected chi connectivity index (χ2v) is 4.13. The van der Waals surface area contributed by atoms with Crippen LogP contribution in [0.1, 0.15) is 30.1 Å². The summed E-state index contributed by atoms with van der Waals surface area (Å²) in [6, 6.07) is 1.45. The first-order valence-electron chi connectivity index (χ1n) is 5.89. The van der Waals surface area contributed by atoms with E-state index in [1.807, 2.05) is 0 Å². The van der Waals surface area contributed by atoms with Gasteiger partial charge in [-0.25, -0.2) is 4.98 Å². The molecular formula is C12H16ClN3O3. The molecule has 104 valence electrons. The van der Waals surface area contributed by atoms with Gasteiger partial charge in [-0.2, -0.15) is 0 Å². The molecule has 19 heavy (non-hydrogen) atoms. The summed E-state index contributed by atoms with van der Waals surface area (Å²) >= 11 is 5.79. The summed E-state index contributed by atoms with van der Waals surface area (Å²) in [7, 11) is 0. The van der Waals surface area contributed by atoms with E-state index in [0.717, 1.165) is 0 Å². The summed E-state index contributed by atoms with van der Waals surface area (Å²) < 4.78 is 4.77. The molecule has 1 aromatic heterocycles. The van der Waals surface area contributed by atoms with Crippen LogP contribution in [0, 0.1) is 0 Å². The third-order valence-electron chi connectivity index (χ3n) is 2.25. The number of hydrogen-bond donors (Lipinski definition) is 2. The highest BCUT2D eigenvalue weighted by atomic mass is 35.5. The molecule has 0 atom stereocenters. The lowest BCUT2D eigenvalue weighted by molar-refractivity contribution is -0.143. The molecule has 0 saturated carbocycles. The van der Waals surface area contributed by atoms with E-state index in [0.29, 0.717) is 25.3 Å². The van der Waals surface area contributed by atoms with E-state index in [4.69, 9.17) is 22.1 Å². The number of esters is 1. The van der Waals surface area contributed by atoms with Crippen molar-refractivity contribution in [2.24, 2.45) is 0 Å². The molecule has 0 bridgehead atoms. The zero-order chi connectivity index (χ0) is 14.3. The van der Waals surface area contributed by atoms with Crippen LogP contribution < -0.4 is 11.1 Å². The molecule has 0 saturated heterocycles. The number of aromatic nitrogens is 1. The molecule has 0 aliphatic carbocycles. The Balaban J connectivity index is 2.39. The highest BCUT2D eigenvalue weighted by Gasteiger charge is 2.11. The van der Waals surface area contributed by atoms with Crippen molar-refractivity contribution in [2.75, 3.05) is 18.9 Å². The number of carbonyl (C=O) groups is 2. The molecule has 0 aromatic carbocycles. The quantitative estimate of drug-likeness (QED) is 0.468. The van der Waals surface area contributed by atoms with Gasteiger partial charge in [0.15, 0.2) is 0 Å². The molecule has 1 rings (SSSR count). The smallest absolute Gasteiger partial charge is 0.305 e. The van der Waals surface area contributed by atoms with E-state index in [2.05, 4.69) is 10.3 Å². The fourth-order valence-corrected chi connectivity index (χ4v) is 1.58. The minimum atomic E-state index is -0.367. The Hall–Kier alpha value is -1.82. The maximum absolute atomic E-state index is 11.8. The number of nitrogens with two attached hydrogens (primary N) is 1. The molecule has 3 N–H and O–H groups in total. The first-order valence-corrected chi connectivity index (χ1v) is 6.27. The first-order chi connectivity index (χ1) is 9.04. The van der Waals surface area contributed by atoms with Crippen LogP contribution in [0.4, 0.5) is 5.69 Å². The van der Waals surface area contributed by atoms with Crippen LogP contribution in [-0.2, 0) is 9.53 Å². The van der Waals surface area contributed by atoms with Gasteiger partial charge in [0.1, 0.15) is 5.15 Å². The average Bonchev–Trinajstić information content (AvgIpc) is 2.37. The van der Waals surface area contributed by atoms with E-state index in [-0.39, 0.29) is 29.0 Å². The zero-order valence-electron chi connectivity index (χ0n) is 10.6. The van der Waals surface area contributed by atoms with Gasteiger partial charge in [-0.05, 0) is 19.4 Å². The summed E-state index contributed by atoms with van der Waals surface area (Å²) in [5, 5.41) is 2.73. The Bertz CT molecular complexity index is 466. The van der Waals surface area contributed by atoms with Gasteiger partial charge in [0.25, 0.3) is 5.91 Å². The highest BCUT2D eigenvalue weighted by Crippen LogP contribution is 2.15. The third kappa shape index (κ3) is 5.13. The number of nitrogens with one attached hydrogen (secondary N) is 1.